The van der Waals surface area contributed by atoms with Crippen LogP contribution in [-0.4, -0.2) is 21.0 Å². The Labute approximate surface area is 98.1 Å². The summed E-state index contributed by atoms with van der Waals surface area (Å²) in [6.07, 6.45) is 5.36. The number of nitrogens with one attached hydrogen (secondary N) is 1. The second-order valence-corrected chi connectivity index (χ2v) is 3.53. The van der Waals surface area contributed by atoms with Gasteiger partial charge in [-0.3, -0.25) is 10.1 Å². The van der Waals surface area contributed by atoms with Crippen molar-refractivity contribution in [3.05, 3.63) is 53.1 Å². The summed E-state index contributed by atoms with van der Waals surface area (Å²) in [6.45, 7) is 1.55. The van der Waals surface area contributed by atoms with E-state index in [9.17, 15) is 10.1 Å². The molecule has 17 heavy (non-hydrogen) atoms. The van der Waals surface area contributed by atoms with Crippen LogP contribution in [0.15, 0.2) is 43.0 Å². The molecule has 0 saturated heterocycles. The third-order valence-corrected chi connectivity index (χ3v) is 2.34. The second-order valence-electron chi connectivity index (χ2n) is 3.53. The number of non-ortho nitro benzene ring substituents is 1. The van der Waals surface area contributed by atoms with Crippen LogP contribution >= 0.6 is 0 Å². The van der Waals surface area contributed by atoms with Gasteiger partial charge in [0.2, 0.25) is 0 Å². The molecule has 0 saturated carbocycles. The van der Waals surface area contributed by atoms with Gasteiger partial charge in [0, 0.05) is 43.3 Å². The first-order chi connectivity index (χ1) is 8.25. The summed E-state index contributed by atoms with van der Waals surface area (Å²) in [6, 6.07) is 6.37. The maximum atomic E-state index is 10.5. The van der Waals surface area contributed by atoms with Crippen LogP contribution < -0.4 is 5.32 Å². The highest BCUT2D eigenvalue weighted by Gasteiger charge is 2.03. The Bertz CT molecular complexity index is 479. The highest BCUT2D eigenvalue weighted by molar-refractivity contribution is 5.48. The summed E-state index contributed by atoms with van der Waals surface area (Å²) in [5.74, 6) is 0. The minimum atomic E-state index is -0.407. The van der Waals surface area contributed by atoms with E-state index in [0.717, 1.165) is 18.8 Å². The second kappa shape index (κ2) is 5.11. The quantitative estimate of drug-likeness (QED) is 0.631. The van der Waals surface area contributed by atoms with Crippen LogP contribution in [0.1, 0.15) is 0 Å². The number of imidazole rings is 1. The molecule has 0 aliphatic heterocycles. The topological polar surface area (TPSA) is 73.0 Å². The lowest BCUT2D eigenvalue weighted by Crippen LogP contribution is -2.08. The summed E-state index contributed by atoms with van der Waals surface area (Å²) in [5.41, 5.74) is 0.973. The van der Waals surface area contributed by atoms with Crippen LogP contribution in [-0.2, 0) is 6.54 Å². The molecule has 0 atom stereocenters. The maximum Gasteiger partial charge on any atom is 0.269 e. The lowest BCUT2D eigenvalue weighted by Gasteiger charge is -2.06. The zero-order chi connectivity index (χ0) is 12.1. The Balaban J connectivity index is 1.85. The first-order valence-electron chi connectivity index (χ1n) is 5.20. The van der Waals surface area contributed by atoms with E-state index < -0.39 is 4.92 Å². The summed E-state index contributed by atoms with van der Waals surface area (Å²) in [4.78, 5) is 14.0. The molecule has 1 N–H and O–H groups in total. The lowest BCUT2D eigenvalue weighted by molar-refractivity contribution is -0.384. The third kappa shape index (κ3) is 3.04. The molecule has 6 nitrogen and oxygen atoms in total. The lowest BCUT2D eigenvalue weighted by atomic mass is 10.3. The zero-order valence-corrected chi connectivity index (χ0v) is 9.11. The molecule has 1 aromatic carbocycles. The van der Waals surface area contributed by atoms with Crippen LogP contribution in [0.25, 0.3) is 0 Å². The molecule has 0 aliphatic rings. The van der Waals surface area contributed by atoms with E-state index in [1.807, 2.05) is 10.8 Å². The molecular weight excluding hydrogens is 220 g/mol. The number of aromatic nitrogens is 2. The minimum Gasteiger partial charge on any atom is -0.383 e. The van der Waals surface area contributed by atoms with E-state index in [0.29, 0.717) is 0 Å². The standard InChI is InChI=1S/C11H12N4O2/c16-15(17)11-3-1-10(2-4-11)13-6-8-14-7-5-12-9-14/h1-5,7,9,13H,6,8H2. The van der Waals surface area contributed by atoms with Crippen molar-refractivity contribution >= 4 is 11.4 Å². The number of hydrogen-bond acceptors (Lipinski definition) is 4. The van der Waals surface area contributed by atoms with Crippen molar-refractivity contribution in [1.82, 2.24) is 9.55 Å². The first kappa shape index (κ1) is 11.1. The molecule has 2 rings (SSSR count). The molecule has 0 amide bonds. The highest BCUT2D eigenvalue weighted by atomic mass is 16.6. The summed E-state index contributed by atoms with van der Waals surface area (Å²) < 4.78 is 1.96. The van der Waals surface area contributed by atoms with E-state index in [-0.39, 0.29) is 5.69 Å². The summed E-state index contributed by atoms with van der Waals surface area (Å²) >= 11 is 0. The van der Waals surface area contributed by atoms with Crippen molar-refractivity contribution in [2.75, 3.05) is 11.9 Å². The summed E-state index contributed by atoms with van der Waals surface area (Å²) in [5, 5.41) is 13.6. The van der Waals surface area contributed by atoms with Gasteiger partial charge in [0.1, 0.15) is 0 Å². The molecule has 0 fully saturated rings. The number of nitro benzene ring substituents is 1. The molecule has 6 heteroatoms. The van der Waals surface area contributed by atoms with Gasteiger partial charge in [-0.1, -0.05) is 0 Å². The van der Waals surface area contributed by atoms with Crippen LogP contribution in [0.5, 0.6) is 0 Å². The molecule has 0 unspecified atom stereocenters. The number of nitro groups is 1. The van der Waals surface area contributed by atoms with Gasteiger partial charge in [-0.2, -0.15) is 0 Å². The largest absolute Gasteiger partial charge is 0.383 e. The Morgan fingerprint density at radius 1 is 1.35 bits per heavy atom. The highest BCUT2D eigenvalue weighted by Crippen LogP contribution is 2.14. The van der Waals surface area contributed by atoms with Gasteiger partial charge in [0.05, 0.1) is 11.3 Å². The van der Waals surface area contributed by atoms with Crippen LogP contribution in [0.4, 0.5) is 11.4 Å². The average Bonchev–Trinajstić information content (AvgIpc) is 2.83. The Kier molecular flexibility index (Phi) is 3.34. The first-order valence-corrected chi connectivity index (χ1v) is 5.20. The van der Waals surface area contributed by atoms with E-state index in [2.05, 4.69) is 10.3 Å². The van der Waals surface area contributed by atoms with Crippen molar-refractivity contribution in [2.24, 2.45) is 0 Å². The third-order valence-electron chi connectivity index (χ3n) is 2.34. The number of nitrogens with zero attached hydrogens (tertiary/aromatic N) is 3. The number of benzene rings is 1. The maximum absolute atomic E-state index is 10.5. The fourth-order valence-corrected chi connectivity index (χ4v) is 1.45. The van der Waals surface area contributed by atoms with Gasteiger partial charge in [0.15, 0.2) is 0 Å². The van der Waals surface area contributed by atoms with Gasteiger partial charge in [-0.15, -0.1) is 0 Å². The van der Waals surface area contributed by atoms with E-state index >= 15 is 0 Å². The molecule has 0 spiro atoms. The van der Waals surface area contributed by atoms with E-state index in [1.54, 1.807) is 24.7 Å². The van der Waals surface area contributed by atoms with Crippen molar-refractivity contribution < 1.29 is 4.92 Å². The van der Waals surface area contributed by atoms with Gasteiger partial charge >= 0.3 is 0 Å². The Morgan fingerprint density at radius 3 is 2.71 bits per heavy atom. The molecule has 2 aromatic rings. The minimum absolute atomic E-state index is 0.102. The van der Waals surface area contributed by atoms with Gasteiger partial charge in [0.25, 0.3) is 5.69 Å². The SMILES string of the molecule is O=[N+]([O-])c1ccc(NCCn2ccnc2)cc1. The average molecular weight is 232 g/mol. The van der Waals surface area contributed by atoms with Crippen molar-refractivity contribution in [3.8, 4) is 0 Å². The Morgan fingerprint density at radius 2 is 2.12 bits per heavy atom. The fourth-order valence-electron chi connectivity index (χ4n) is 1.45. The van der Waals surface area contributed by atoms with Crippen LogP contribution in [0, 0.1) is 10.1 Å². The number of rotatable bonds is 5. The van der Waals surface area contributed by atoms with Crippen LogP contribution in [0.2, 0.25) is 0 Å². The molecule has 0 bridgehead atoms. The predicted octanol–water partition coefficient (Wildman–Crippen LogP) is 1.90. The fraction of sp³-hybridized carbons (Fsp3) is 0.182. The number of anilines is 1. The monoisotopic (exact) mass is 232 g/mol. The van der Waals surface area contributed by atoms with Crippen LogP contribution in [0.3, 0.4) is 0 Å². The smallest absolute Gasteiger partial charge is 0.269 e. The van der Waals surface area contributed by atoms with Crippen molar-refractivity contribution in [1.29, 1.82) is 0 Å². The Hall–Kier alpha value is -2.37. The molecule has 1 aromatic heterocycles. The molecular formula is C11H12N4O2. The molecule has 0 aliphatic carbocycles. The van der Waals surface area contributed by atoms with Crippen molar-refractivity contribution in [3.63, 3.8) is 0 Å². The summed E-state index contributed by atoms with van der Waals surface area (Å²) in [7, 11) is 0. The van der Waals surface area contributed by atoms with Gasteiger partial charge in [-0.25, -0.2) is 4.98 Å². The normalized spacial score (nSPS) is 10.1. The molecule has 1 heterocycles. The van der Waals surface area contributed by atoms with E-state index in [1.165, 1.54) is 12.1 Å². The van der Waals surface area contributed by atoms with Gasteiger partial charge in [-0.05, 0) is 12.1 Å². The zero-order valence-electron chi connectivity index (χ0n) is 9.11. The van der Waals surface area contributed by atoms with E-state index in [4.69, 9.17) is 0 Å². The predicted molar refractivity (Wildman–Crippen MR) is 63.8 cm³/mol. The van der Waals surface area contributed by atoms with Gasteiger partial charge < -0.3 is 9.88 Å². The molecule has 0 radical (unpaired) electrons. The molecule has 88 valence electrons. The van der Waals surface area contributed by atoms with Crippen molar-refractivity contribution in [2.45, 2.75) is 6.54 Å². The number of hydrogen-bond donors (Lipinski definition) is 1.